The SMILES string of the molecule is CC1(C)Oc2ccccc2OC1Br. The van der Waals surface area contributed by atoms with E-state index in [-0.39, 0.29) is 10.6 Å². The zero-order valence-corrected chi connectivity index (χ0v) is 9.17. The fourth-order valence-electron chi connectivity index (χ4n) is 1.21. The van der Waals surface area contributed by atoms with Crippen molar-refractivity contribution in [3.8, 4) is 11.5 Å². The zero-order chi connectivity index (χ0) is 9.47. The van der Waals surface area contributed by atoms with Crippen LogP contribution in [0.1, 0.15) is 13.8 Å². The van der Waals surface area contributed by atoms with Crippen LogP contribution in [0.3, 0.4) is 0 Å². The van der Waals surface area contributed by atoms with Crippen LogP contribution in [0.15, 0.2) is 24.3 Å². The summed E-state index contributed by atoms with van der Waals surface area (Å²) in [4.78, 5) is 0. The Labute approximate surface area is 86.0 Å². The van der Waals surface area contributed by atoms with E-state index >= 15 is 0 Å². The molecule has 0 radical (unpaired) electrons. The molecule has 1 aliphatic heterocycles. The minimum absolute atomic E-state index is 0.102. The van der Waals surface area contributed by atoms with Gasteiger partial charge in [0.15, 0.2) is 22.1 Å². The Bertz CT molecular complexity index is 322. The monoisotopic (exact) mass is 242 g/mol. The minimum Gasteiger partial charge on any atom is -0.479 e. The first kappa shape index (κ1) is 8.88. The molecule has 3 heteroatoms. The second kappa shape index (κ2) is 2.91. The van der Waals surface area contributed by atoms with Crippen LogP contribution in [0.25, 0.3) is 0 Å². The zero-order valence-electron chi connectivity index (χ0n) is 7.58. The summed E-state index contributed by atoms with van der Waals surface area (Å²) >= 11 is 3.43. The highest BCUT2D eigenvalue weighted by atomic mass is 79.9. The molecule has 2 rings (SSSR count). The molecule has 1 aromatic carbocycles. The number of benzene rings is 1. The Morgan fingerprint density at radius 1 is 1.23 bits per heavy atom. The molecule has 1 aliphatic rings. The molecule has 1 aromatic rings. The summed E-state index contributed by atoms with van der Waals surface area (Å²) in [6.45, 7) is 3.98. The third kappa shape index (κ3) is 1.53. The van der Waals surface area contributed by atoms with E-state index in [2.05, 4.69) is 15.9 Å². The van der Waals surface area contributed by atoms with Crippen LogP contribution < -0.4 is 9.47 Å². The van der Waals surface area contributed by atoms with Crippen molar-refractivity contribution in [1.82, 2.24) is 0 Å². The van der Waals surface area contributed by atoms with Crippen molar-refractivity contribution in [2.24, 2.45) is 0 Å². The molecule has 1 atom stereocenters. The lowest BCUT2D eigenvalue weighted by Crippen LogP contribution is -2.44. The Hall–Kier alpha value is -0.700. The first-order valence-corrected chi connectivity index (χ1v) is 5.10. The minimum atomic E-state index is -0.325. The third-order valence-electron chi connectivity index (χ3n) is 2.00. The number of hydrogen-bond acceptors (Lipinski definition) is 2. The smallest absolute Gasteiger partial charge is 0.192 e. The molecule has 1 unspecified atom stereocenters. The van der Waals surface area contributed by atoms with E-state index < -0.39 is 0 Å². The van der Waals surface area contributed by atoms with Gasteiger partial charge in [-0.3, -0.25) is 0 Å². The normalized spacial score (nSPS) is 24.1. The van der Waals surface area contributed by atoms with Crippen molar-refractivity contribution in [3.05, 3.63) is 24.3 Å². The van der Waals surface area contributed by atoms with Crippen molar-refractivity contribution >= 4 is 15.9 Å². The van der Waals surface area contributed by atoms with E-state index in [0.717, 1.165) is 11.5 Å². The highest BCUT2D eigenvalue weighted by Gasteiger charge is 2.36. The summed E-state index contributed by atoms with van der Waals surface area (Å²) < 4.78 is 11.4. The van der Waals surface area contributed by atoms with Gasteiger partial charge in [-0.05, 0) is 41.9 Å². The van der Waals surface area contributed by atoms with E-state index in [1.54, 1.807) is 0 Å². The number of fused-ring (bicyclic) bond motifs is 1. The lowest BCUT2D eigenvalue weighted by Gasteiger charge is -2.36. The summed E-state index contributed by atoms with van der Waals surface area (Å²) in [6.07, 6.45) is 0. The fraction of sp³-hybridized carbons (Fsp3) is 0.400. The standard InChI is InChI=1S/C10H11BrO2/c1-10(2)9(11)12-7-5-3-4-6-8(7)13-10/h3-6,9H,1-2H3. The highest BCUT2D eigenvalue weighted by molar-refractivity contribution is 9.09. The molecular weight excluding hydrogens is 232 g/mol. The van der Waals surface area contributed by atoms with Gasteiger partial charge in [-0.15, -0.1) is 0 Å². The Morgan fingerprint density at radius 2 is 1.85 bits per heavy atom. The number of halogens is 1. The lowest BCUT2D eigenvalue weighted by atomic mass is 10.1. The fourth-order valence-corrected chi connectivity index (χ4v) is 1.51. The van der Waals surface area contributed by atoms with E-state index in [0.29, 0.717) is 0 Å². The Morgan fingerprint density at radius 3 is 2.54 bits per heavy atom. The number of ether oxygens (including phenoxy) is 2. The third-order valence-corrected chi connectivity index (χ3v) is 3.29. The van der Waals surface area contributed by atoms with Gasteiger partial charge in [0.05, 0.1) is 0 Å². The summed E-state index contributed by atoms with van der Waals surface area (Å²) in [6, 6.07) is 7.68. The predicted octanol–water partition coefficient (Wildman–Crippen LogP) is 2.96. The van der Waals surface area contributed by atoms with Gasteiger partial charge in [0, 0.05) is 0 Å². The highest BCUT2D eigenvalue weighted by Crippen LogP contribution is 2.39. The molecule has 13 heavy (non-hydrogen) atoms. The van der Waals surface area contributed by atoms with Crippen LogP contribution >= 0.6 is 15.9 Å². The Kier molecular flexibility index (Phi) is 1.99. The van der Waals surface area contributed by atoms with E-state index in [1.165, 1.54) is 0 Å². The van der Waals surface area contributed by atoms with Crippen molar-refractivity contribution < 1.29 is 9.47 Å². The maximum Gasteiger partial charge on any atom is 0.192 e. The summed E-state index contributed by atoms with van der Waals surface area (Å²) in [5.74, 6) is 1.60. The molecule has 0 N–H and O–H groups in total. The molecule has 0 aromatic heterocycles. The average Bonchev–Trinajstić information content (AvgIpc) is 2.06. The summed E-state index contributed by atoms with van der Waals surface area (Å²) in [5.41, 5.74) is -0.325. The van der Waals surface area contributed by atoms with Crippen LogP contribution in [0.5, 0.6) is 11.5 Å². The number of alkyl halides is 1. The lowest BCUT2D eigenvalue weighted by molar-refractivity contribution is 0.00591. The second-order valence-electron chi connectivity index (χ2n) is 3.59. The van der Waals surface area contributed by atoms with Crippen LogP contribution in [0.4, 0.5) is 0 Å². The van der Waals surface area contributed by atoms with Gasteiger partial charge in [0.2, 0.25) is 0 Å². The quantitative estimate of drug-likeness (QED) is 0.652. The van der Waals surface area contributed by atoms with Crippen LogP contribution in [-0.4, -0.2) is 10.6 Å². The Balaban J connectivity index is 2.39. The van der Waals surface area contributed by atoms with Gasteiger partial charge >= 0.3 is 0 Å². The molecule has 0 saturated carbocycles. The van der Waals surface area contributed by atoms with Gasteiger partial charge in [-0.1, -0.05) is 12.1 Å². The van der Waals surface area contributed by atoms with Gasteiger partial charge in [0.1, 0.15) is 0 Å². The molecule has 1 heterocycles. The van der Waals surface area contributed by atoms with E-state index in [1.807, 2.05) is 38.1 Å². The van der Waals surface area contributed by atoms with Gasteiger partial charge in [-0.2, -0.15) is 0 Å². The first-order chi connectivity index (χ1) is 6.09. The van der Waals surface area contributed by atoms with Crippen LogP contribution in [-0.2, 0) is 0 Å². The van der Waals surface area contributed by atoms with E-state index in [9.17, 15) is 0 Å². The number of hydrogen-bond donors (Lipinski definition) is 0. The van der Waals surface area contributed by atoms with Crippen molar-refractivity contribution in [3.63, 3.8) is 0 Å². The maximum atomic E-state index is 5.76. The van der Waals surface area contributed by atoms with Gasteiger partial charge in [0.25, 0.3) is 0 Å². The molecular formula is C10H11BrO2. The molecule has 0 amide bonds. The number of para-hydroxylation sites is 2. The van der Waals surface area contributed by atoms with E-state index in [4.69, 9.17) is 9.47 Å². The molecule has 0 spiro atoms. The van der Waals surface area contributed by atoms with Crippen LogP contribution in [0, 0.1) is 0 Å². The molecule has 0 bridgehead atoms. The van der Waals surface area contributed by atoms with Crippen molar-refractivity contribution in [2.75, 3.05) is 0 Å². The molecule has 0 fully saturated rings. The number of rotatable bonds is 0. The van der Waals surface area contributed by atoms with Crippen molar-refractivity contribution in [1.29, 1.82) is 0 Å². The predicted molar refractivity (Wildman–Crippen MR) is 54.5 cm³/mol. The summed E-state index contributed by atoms with van der Waals surface area (Å²) in [5, 5.41) is -0.102. The molecule has 0 saturated heterocycles. The first-order valence-electron chi connectivity index (χ1n) is 4.18. The average molecular weight is 243 g/mol. The largest absolute Gasteiger partial charge is 0.479 e. The second-order valence-corrected chi connectivity index (χ2v) is 4.42. The summed E-state index contributed by atoms with van der Waals surface area (Å²) in [7, 11) is 0. The molecule has 2 nitrogen and oxygen atoms in total. The molecule has 70 valence electrons. The molecule has 0 aliphatic carbocycles. The van der Waals surface area contributed by atoms with Crippen LogP contribution in [0.2, 0.25) is 0 Å². The van der Waals surface area contributed by atoms with Gasteiger partial charge in [-0.25, -0.2) is 0 Å². The topological polar surface area (TPSA) is 18.5 Å². The van der Waals surface area contributed by atoms with Gasteiger partial charge < -0.3 is 9.47 Å². The maximum absolute atomic E-state index is 5.76. The van der Waals surface area contributed by atoms with Crippen molar-refractivity contribution in [2.45, 2.75) is 24.5 Å².